The Balaban J connectivity index is 2.89. The molecule has 0 saturated carbocycles. The average molecular weight is 276 g/mol. The maximum atomic E-state index is 11.8. The first-order valence-electron chi connectivity index (χ1n) is 6.24. The van der Waals surface area contributed by atoms with E-state index in [1.54, 1.807) is 0 Å². The van der Waals surface area contributed by atoms with Crippen molar-refractivity contribution in [2.24, 2.45) is 5.73 Å². The third kappa shape index (κ3) is 4.03. The van der Waals surface area contributed by atoms with E-state index < -0.39 is 16.9 Å². The summed E-state index contributed by atoms with van der Waals surface area (Å²) in [4.78, 5) is 22.1. The van der Waals surface area contributed by atoms with Crippen molar-refractivity contribution in [1.29, 1.82) is 5.26 Å². The first kappa shape index (κ1) is 15.6. The lowest BCUT2D eigenvalue weighted by Crippen LogP contribution is -2.35. The molecule has 0 aliphatic rings. The summed E-state index contributed by atoms with van der Waals surface area (Å²) in [6.45, 7) is 1.98. The molecule has 3 N–H and O–H groups in total. The monoisotopic (exact) mass is 276 g/mol. The zero-order valence-corrected chi connectivity index (χ0v) is 11.1. The van der Waals surface area contributed by atoms with Gasteiger partial charge in [0.05, 0.1) is 22.6 Å². The van der Waals surface area contributed by atoms with E-state index in [0.717, 1.165) is 18.9 Å². The lowest BCUT2D eigenvalue weighted by molar-refractivity contribution is -0.383. The van der Waals surface area contributed by atoms with E-state index in [-0.39, 0.29) is 16.9 Å². The van der Waals surface area contributed by atoms with Crippen LogP contribution in [0.25, 0.3) is 0 Å². The van der Waals surface area contributed by atoms with Gasteiger partial charge in [-0.1, -0.05) is 19.8 Å². The fourth-order valence-electron chi connectivity index (χ4n) is 1.64. The molecule has 1 aromatic carbocycles. The Bertz CT molecular complexity index is 551. The summed E-state index contributed by atoms with van der Waals surface area (Å²) in [5.74, 6) is -0.466. The van der Waals surface area contributed by atoms with Crippen molar-refractivity contribution in [3.8, 4) is 6.07 Å². The van der Waals surface area contributed by atoms with E-state index in [1.165, 1.54) is 12.1 Å². The lowest BCUT2D eigenvalue weighted by atomic mass is 10.1. The fourth-order valence-corrected chi connectivity index (χ4v) is 1.64. The average Bonchev–Trinajstić information content (AvgIpc) is 2.44. The van der Waals surface area contributed by atoms with E-state index in [0.29, 0.717) is 6.42 Å². The normalized spacial score (nSPS) is 11.4. The van der Waals surface area contributed by atoms with Gasteiger partial charge in [-0.25, -0.2) is 0 Å². The van der Waals surface area contributed by atoms with Gasteiger partial charge in [0.15, 0.2) is 0 Å². The van der Waals surface area contributed by atoms with Gasteiger partial charge in [-0.3, -0.25) is 14.9 Å². The highest BCUT2D eigenvalue weighted by atomic mass is 16.6. The van der Waals surface area contributed by atoms with Crippen molar-refractivity contribution in [2.45, 2.75) is 32.2 Å². The van der Waals surface area contributed by atoms with Crippen molar-refractivity contribution >= 4 is 17.3 Å². The van der Waals surface area contributed by atoms with Crippen LogP contribution >= 0.6 is 0 Å². The Morgan fingerprint density at radius 2 is 2.30 bits per heavy atom. The van der Waals surface area contributed by atoms with E-state index in [9.17, 15) is 14.9 Å². The van der Waals surface area contributed by atoms with Gasteiger partial charge in [0.25, 0.3) is 5.69 Å². The second-order valence-corrected chi connectivity index (χ2v) is 4.34. The van der Waals surface area contributed by atoms with Gasteiger partial charge >= 0.3 is 0 Å². The van der Waals surface area contributed by atoms with Crippen LogP contribution in [-0.2, 0) is 4.79 Å². The van der Waals surface area contributed by atoms with Gasteiger partial charge in [-0.2, -0.15) is 5.26 Å². The minimum absolute atomic E-state index is 0.0472. The second-order valence-electron chi connectivity index (χ2n) is 4.34. The molecule has 7 nitrogen and oxygen atoms in total. The van der Waals surface area contributed by atoms with Gasteiger partial charge in [-0.05, 0) is 18.6 Å². The maximum Gasteiger partial charge on any atom is 0.294 e. The molecule has 0 aliphatic heterocycles. The number of unbranched alkanes of at least 4 members (excludes halogenated alkanes) is 1. The number of carbonyl (C=O) groups is 1. The largest absolute Gasteiger partial charge is 0.320 e. The second kappa shape index (κ2) is 7.21. The molecule has 0 bridgehead atoms. The molecular formula is C13H16N4O3. The quantitative estimate of drug-likeness (QED) is 0.607. The number of nitrogens with zero attached hydrogens (tertiary/aromatic N) is 2. The topological polar surface area (TPSA) is 122 Å². The van der Waals surface area contributed by atoms with Gasteiger partial charge in [-0.15, -0.1) is 0 Å². The molecule has 20 heavy (non-hydrogen) atoms. The minimum Gasteiger partial charge on any atom is -0.320 e. The van der Waals surface area contributed by atoms with Crippen LogP contribution in [0.1, 0.15) is 31.7 Å². The SMILES string of the molecule is CCCCC(N)C(=O)Nc1ccc(C#N)cc1[N+](=O)[O-]. The molecule has 0 saturated heterocycles. The predicted octanol–water partition coefficient (Wildman–Crippen LogP) is 1.92. The zero-order chi connectivity index (χ0) is 15.1. The fraction of sp³-hybridized carbons (Fsp3) is 0.385. The molecule has 106 valence electrons. The highest BCUT2D eigenvalue weighted by molar-refractivity contribution is 5.96. The molecular weight excluding hydrogens is 260 g/mol. The van der Waals surface area contributed by atoms with Crippen molar-refractivity contribution in [1.82, 2.24) is 0 Å². The Morgan fingerprint density at radius 3 is 2.85 bits per heavy atom. The van der Waals surface area contributed by atoms with Crippen LogP contribution in [0.15, 0.2) is 18.2 Å². The van der Waals surface area contributed by atoms with E-state index in [1.807, 2.05) is 13.0 Å². The number of nitrogens with two attached hydrogens (primary N) is 1. The van der Waals surface area contributed by atoms with Crippen LogP contribution in [0.4, 0.5) is 11.4 Å². The van der Waals surface area contributed by atoms with Gasteiger partial charge in [0, 0.05) is 6.07 Å². The summed E-state index contributed by atoms with van der Waals surface area (Å²) < 4.78 is 0. The Labute approximate surface area is 116 Å². The molecule has 1 aromatic rings. The zero-order valence-electron chi connectivity index (χ0n) is 11.1. The smallest absolute Gasteiger partial charge is 0.294 e. The van der Waals surface area contributed by atoms with Crippen LogP contribution in [0.5, 0.6) is 0 Å². The van der Waals surface area contributed by atoms with Gasteiger partial charge in [0.1, 0.15) is 5.69 Å². The number of anilines is 1. The van der Waals surface area contributed by atoms with Crippen LogP contribution in [0.3, 0.4) is 0 Å². The summed E-state index contributed by atoms with van der Waals surface area (Å²) in [6.07, 6.45) is 2.24. The van der Waals surface area contributed by atoms with E-state index in [4.69, 9.17) is 11.0 Å². The van der Waals surface area contributed by atoms with E-state index in [2.05, 4.69) is 5.32 Å². The molecule has 0 fully saturated rings. The molecule has 7 heteroatoms. The molecule has 0 aromatic heterocycles. The highest BCUT2D eigenvalue weighted by Gasteiger charge is 2.19. The number of amides is 1. The third-order valence-electron chi connectivity index (χ3n) is 2.79. The third-order valence-corrected chi connectivity index (χ3v) is 2.79. The van der Waals surface area contributed by atoms with Crippen molar-refractivity contribution < 1.29 is 9.72 Å². The lowest BCUT2D eigenvalue weighted by Gasteiger charge is -2.11. The number of hydrogen-bond donors (Lipinski definition) is 2. The first-order valence-corrected chi connectivity index (χ1v) is 6.24. The predicted molar refractivity (Wildman–Crippen MR) is 73.9 cm³/mol. The number of nitro groups is 1. The maximum absolute atomic E-state index is 11.8. The minimum atomic E-state index is -0.704. The summed E-state index contributed by atoms with van der Waals surface area (Å²) in [5, 5.41) is 22.1. The van der Waals surface area contributed by atoms with Crippen molar-refractivity contribution in [3.05, 3.63) is 33.9 Å². The summed E-state index contributed by atoms with van der Waals surface area (Å²) in [7, 11) is 0. The van der Waals surface area contributed by atoms with Crippen LogP contribution in [-0.4, -0.2) is 16.9 Å². The van der Waals surface area contributed by atoms with Crippen LogP contribution < -0.4 is 11.1 Å². The molecule has 1 unspecified atom stereocenters. The number of benzene rings is 1. The van der Waals surface area contributed by atoms with Crippen LogP contribution in [0, 0.1) is 21.4 Å². The Kier molecular flexibility index (Phi) is 5.62. The van der Waals surface area contributed by atoms with Crippen molar-refractivity contribution in [3.63, 3.8) is 0 Å². The molecule has 0 heterocycles. The van der Waals surface area contributed by atoms with Crippen LogP contribution in [0.2, 0.25) is 0 Å². The van der Waals surface area contributed by atoms with Gasteiger partial charge < -0.3 is 11.1 Å². The standard InChI is InChI=1S/C13H16N4O3/c1-2-3-4-10(15)13(18)16-11-6-5-9(8-14)7-12(11)17(19)20/h5-7,10H,2-4,15H2,1H3,(H,16,18). The molecule has 0 aliphatic carbocycles. The highest BCUT2D eigenvalue weighted by Crippen LogP contribution is 2.25. The first-order chi connectivity index (χ1) is 9.49. The van der Waals surface area contributed by atoms with Gasteiger partial charge in [0.2, 0.25) is 5.91 Å². The molecule has 1 atom stereocenters. The Morgan fingerprint density at radius 1 is 1.60 bits per heavy atom. The molecule has 0 radical (unpaired) electrons. The number of nitro benzene ring substituents is 1. The molecule has 0 spiro atoms. The number of nitriles is 1. The summed E-state index contributed by atoms with van der Waals surface area (Å²) in [5.41, 5.74) is 5.58. The summed E-state index contributed by atoms with van der Waals surface area (Å²) in [6, 6.07) is 4.96. The summed E-state index contributed by atoms with van der Waals surface area (Å²) >= 11 is 0. The van der Waals surface area contributed by atoms with Crippen molar-refractivity contribution in [2.75, 3.05) is 5.32 Å². The molecule has 1 amide bonds. The number of hydrogen-bond acceptors (Lipinski definition) is 5. The number of carbonyl (C=O) groups excluding carboxylic acids is 1. The Hall–Kier alpha value is -2.46. The number of rotatable bonds is 6. The number of nitrogens with one attached hydrogen (secondary N) is 1. The van der Waals surface area contributed by atoms with E-state index >= 15 is 0 Å². The molecule has 1 rings (SSSR count).